The Hall–Kier alpha value is -1.39. The highest BCUT2D eigenvalue weighted by atomic mass is 19.1. The van der Waals surface area contributed by atoms with E-state index in [4.69, 9.17) is 0 Å². The average Bonchev–Trinajstić information content (AvgIpc) is 2.15. The number of aromatic amines is 1. The summed E-state index contributed by atoms with van der Waals surface area (Å²) in [5.41, 5.74) is -1.51. The highest BCUT2D eigenvalue weighted by Crippen LogP contribution is 2.11. The molecule has 0 aliphatic heterocycles. The fourth-order valence-corrected chi connectivity index (χ4v) is 1.41. The number of nitrogens with one attached hydrogen (secondary N) is 1. The SMILES string of the molecule is CCC(CC)n1cc(F)c(=O)[nH]c1=O. The van der Waals surface area contributed by atoms with Crippen molar-refractivity contribution in [1.82, 2.24) is 9.55 Å². The van der Waals surface area contributed by atoms with Crippen molar-refractivity contribution in [2.45, 2.75) is 32.7 Å². The molecule has 1 aromatic rings. The van der Waals surface area contributed by atoms with E-state index in [2.05, 4.69) is 0 Å². The summed E-state index contributed by atoms with van der Waals surface area (Å²) in [5, 5.41) is 0. The Bertz CT molecular complexity index is 418. The Morgan fingerprint density at radius 1 is 1.43 bits per heavy atom. The molecule has 0 fully saturated rings. The van der Waals surface area contributed by atoms with E-state index in [1.165, 1.54) is 4.57 Å². The van der Waals surface area contributed by atoms with Crippen LogP contribution in [0.3, 0.4) is 0 Å². The maximum Gasteiger partial charge on any atom is 0.328 e. The Labute approximate surface area is 80.4 Å². The summed E-state index contributed by atoms with van der Waals surface area (Å²) in [5.74, 6) is -0.920. The summed E-state index contributed by atoms with van der Waals surface area (Å²) in [7, 11) is 0. The summed E-state index contributed by atoms with van der Waals surface area (Å²) >= 11 is 0. The molecular weight excluding hydrogens is 187 g/mol. The van der Waals surface area contributed by atoms with Crippen molar-refractivity contribution in [3.05, 3.63) is 32.9 Å². The van der Waals surface area contributed by atoms with Crippen molar-refractivity contribution in [2.24, 2.45) is 0 Å². The summed E-state index contributed by atoms with van der Waals surface area (Å²) in [6.45, 7) is 3.81. The molecule has 0 bridgehead atoms. The highest BCUT2D eigenvalue weighted by Gasteiger charge is 2.10. The molecule has 0 spiro atoms. The number of halogens is 1. The van der Waals surface area contributed by atoms with Gasteiger partial charge in [0.25, 0.3) is 5.56 Å². The van der Waals surface area contributed by atoms with Crippen LogP contribution in [0, 0.1) is 5.82 Å². The van der Waals surface area contributed by atoms with Crippen LogP contribution in [-0.2, 0) is 0 Å². The van der Waals surface area contributed by atoms with E-state index in [1.807, 2.05) is 18.8 Å². The second kappa shape index (κ2) is 4.21. The molecule has 0 saturated heterocycles. The van der Waals surface area contributed by atoms with Crippen molar-refractivity contribution in [2.75, 3.05) is 0 Å². The molecule has 0 aliphatic carbocycles. The molecule has 0 aromatic carbocycles. The topological polar surface area (TPSA) is 54.9 Å². The van der Waals surface area contributed by atoms with Gasteiger partial charge in [0, 0.05) is 6.04 Å². The fraction of sp³-hybridized carbons (Fsp3) is 0.556. The van der Waals surface area contributed by atoms with Gasteiger partial charge in [0.05, 0.1) is 6.20 Å². The smallest absolute Gasteiger partial charge is 0.295 e. The summed E-state index contributed by atoms with van der Waals surface area (Å²) in [6.07, 6.45) is 2.42. The lowest BCUT2D eigenvalue weighted by atomic mass is 10.2. The van der Waals surface area contributed by atoms with E-state index in [9.17, 15) is 14.0 Å². The number of hydrogen-bond donors (Lipinski definition) is 1. The molecule has 0 unspecified atom stereocenters. The quantitative estimate of drug-likeness (QED) is 0.792. The first kappa shape index (κ1) is 10.7. The summed E-state index contributed by atoms with van der Waals surface area (Å²) in [6, 6.07) is -0.0613. The molecule has 4 nitrogen and oxygen atoms in total. The van der Waals surface area contributed by atoms with Crippen LogP contribution >= 0.6 is 0 Å². The van der Waals surface area contributed by atoms with Gasteiger partial charge in [-0.2, -0.15) is 4.39 Å². The number of aromatic nitrogens is 2. The molecule has 0 radical (unpaired) electrons. The maximum absolute atomic E-state index is 12.9. The van der Waals surface area contributed by atoms with Crippen molar-refractivity contribution in [3.8, 4) is 0 Å². The number of rotatable bonds is 3. The Morgan fingerprint density at radius 2 is 2.00 bits per heavy atom. The third-order valence-electron chi connectivity index (χ3n) is 2.26. The molecular formula is C9H13FN2O2. The Morgan fingerprint density at radius 3 is 2.50 bits per heavy atom. The van der Waals surface area contributed by atoms with E-state index >= 15 is 0 Å². The molecule has 78 valence electrons. The lowest BCUT2D eigenvalue weighted by Crippen LogP contribution is -2.33. The largest absolute Gasteiger partial charge is 0.328 e. The molecule has 5 heteroatoms. The normalized spacial score (nSPS) is 10.9. The molecule has 1 N–H and O–H groups in total. The Kier molecular flexibility index (Phi) is 3.22. The molecule has 0 saturated carbocycles. The van der Waals surface area contributed by atoms with Gasteiger partial charge >= 0.3 is 5.69 Å². The van der Waals surface area contributed by atoms with Crippen LogP contribution in [0.1, 0.15) is 32.7 Å². The van der Waals surface area contributed by atoms with E-state index < -0.39 is 17.1 Å². The molecule has 1 heterocycles. The molecule has 0 atom stereocenters. The first-order valence-electron chi connectivity index (χ1n) is 4.61. The number of H-pyrrole nitrogens is 1. The minimum atomic E-state index is -0.961. The first-order valence-corrected chi connectivity index (χ1v) is 4.61. The van der Waals surface area contributed by atoms with Crippen LogP contribution in [-0.4, -0.2) is 9.55 Å². The van der Waals surface area contributed by atoms with Crippen molar-refractivity contribution in [3.63, 3.8) is 0 Å². The highest BCUT2D eigenvalue weighted by molar-refractivity contribution is 4.89. The fourth-order valence-electron chi connectivity index (χ4n) is 1.41. The lowest BCUT2D eigenvalue weighted by Gasteiger charge is -2.14. The number of nitrogens with zero attached hydrogens (tertiary/aromatic N) is 1. The van der Waals surface area contributed by atoms with Crippen LogP contribution in [0.5, 0.6) is 0 Å². The second-order valence-electron chi connectivity index (χ2n) is 3.11. The van der Waals surface area contributed by atoms with E-state index in [-0.39, 0.29) is 6.04 Å². The van der Waals surface area contributed by atoms with Gasteiger partial charge in [-0.05, 0) is 12.8 Å². The zero-order chi connectivity index (χ0) is 10.7. The van der Waals surface area contributed by atoms with Gasteiger partial charge in [0.2, 0.25) is 5.82 Å². The van der Waals surface area contributed by atoms with Gasteiger partial charge in [-0.15, -0.1) is 0 Å². The van der Waals surface area contributed by atoms with Crippen LogP contribution in [0.25, 0.3) is 0 Å². The summed E-state index contributed by atoms with van der Waals surface area (Å²) < 4.78 is 14.1. The zero-order valence-electron chi connectivity index (χ0n) is 8.21. The minimum Gasteiger partial charge on any atom is -0.295 e. The molecule has 1 aromatic heterocycles. The summed E-state index contributed by atoms with van der Waals surface area (Å²) in [4.78, 5) is 24.0. The first-order chi connectivity index (χ1) is 6.60. The average molecular weight is 200 g/mol. The Balaban J connectivity index is 3.28. The van der Waals surface area contributed by atoms with Gasteiger partial charge < -0.3 is 0 Å². The van der Waals surface area contributed by atoms with Crippen LogP contribution < -0.4 is 11.2 Å². The van der Waals surface area contributed by atoms with E-state index in [0.717, 1.165) is 19.0 Å². The molecule has 0 aliphatic rings. The standard InChI is InChI=1S/C9H13FN2O2/c1-3-6(4-2)12-5-7(10)8(13)11-9(12)14/h5-6H,3-4H2,1-2H3,(H,11,13,14). The maximum atomic E-state index is 12.9. The van der Waals surface area contributed by atoms with E-state index in [0.29, 0.717) is 0 Å². The number of hydrogen-bond acceptors (Lipinski definition) is 2. The van der Waals surface area contributed by atoms with Gasteiger partial charge in [-0.25, -0.2) is 4.79 Å². The predicted octanol–water partition coefficient (Wildman–Crippen LogP) is 1.04. The third kappa shape index (κ3) is 1.92. The van der Waals surface area contributed by atoms with Crippen LogP contribution in [0.15, 0.2) is 15.8 Å². The zero-order valence-corrected chi connectivity index (χ0v) is 8.21. The molecule has 0 amide bonds. The predicted molar refractivity (Wildman–Crippen MR) is 50.9 cm³/mol. The van der Waals surface area contributed by atoms with Crippen molar-refractivity contribution < 1.29 is 4.39 Å². The lowest BCUT2D eigenvalue weighted by molar-refractivity contribution is 0.432. The van der Waals surface area contributed by atoms with Gasteiger partial charge in [0.1, 0.15) is 0 Å². The monoisotopic (exact) mass is 200 g/mol. The van der Waals surface area contributed by atoms with Gasteiger partial charge in [-0.1, -0.05) is 13.8 Å². The van der Waals surface area contributed by atoms with Gasteiger partial charge in [0.15, 0.2) is 0 Å². The van der Waals surface area contributed by atoms with Crippen molar-refractivity contribution >= 4 is 0 Å². The minimum absolute atomic E-state index is 0.0613. The van der Waals surface area contributed by atoms with Crippen LogP contribution in [0.2, 0.25) is 0 Å². The second-order valence-corrected chi connectivity index (χ2v) is 3.11. The third-order valence-corrected chi connectivity index (χ3v) is 2.26. The van der Waals surface area contributed by atoms with E-state index in [1.54, 1.807) is 0 Å². The molecule has 14 heavy (non-hydrogen) atoms. The molecule has 1 rings (SSSR count). The van der Waals surface area contributed by atoms with Crippen molar-refractivity contribution in [1.29, 1.82) is 0 Å². The van der Waals surface area contributed by atoms with Crippen LogP contribution in [0.4, 0.5) is 4.39 Å². The van der Waals surface area contributed by atoms with Gasteiger partial charge in [-0.3, -0.25) is 14.3 Å².